The number of aromatic nitrogens is 1. The predicted molar refractivity (Wildman–Crippen MR) is 117 cm³/mol. The molecule has 0 spiro atoms. The summed E-state index contributed by atoms with van der Waals surface area (Å²) < 4.78 is 56.6. The highest BCUT2D eigenvalue weighted by Gasteiger charge is 2.49. The molecule has 8 nitrogen and oxygen atoms in total. The average Bonchev–Trinajstić information content (AvgIpc) is 2.99. The lowest BCUT2D eigenvalue weighted by atomic mass is 9.81. The van der Waals surface area contributed by atoms with Crippen LogP contribution in [0.3, 0.4) is 0 Å². The fourth-order valence-corrected chi connectivity index (χ4v) is 4.11. The van der Waals surface area contributed by atoms with Gasteiger partial charge in [-0.2, -0.15) is 12.8 Å². The summed E-state index contributed by atoms with van der Waals surface area (Å²) in [5.41, 5.74) is 4.60. The molecule has 0 saturated heterocycles. The number of hydrogen-bond acceptors (Lipinski definition) is 7. The van der Waals surface area contributed by atoms with Gasteiger partial charge in [0.25, 0.3) is 5.91 Å². The lowest BCUT2D eigenvalue weighted by molar-refractivity contribution is -0.129. The van der Waals surface area contributed by atoms with Crippen LogP contribution in [0.1, 0.15) is 11.1 Å². The molecular weight excluding hydrogens is 454 g/mol. The molecule has 0 saturated carbocycles. The second kappa shape index (κ2) is 7.93. The van der Waals surface area contributed by atoms with Crippen molar-refractivity contribution in [3.8, 4) is 16.9 Å². The lowest BCUT2D eigenvalue weighted by Gasteiger charge is -2.27. The molecule has 1 aliphatic rings. The van der Waals surface area contributed by atoms with Crippen molar-refractivity contribution in [2.75, 3.05) is 13.3 Å². The molecule has 4 rings (SSSR count). The Kier molecular flexibility index (Phi) is 5.36. The Labute approximate surface area is 188 Å². The Bertz CT molecular complexity index is 1390. The molecule has 33 heavy (non-hydrogen) atoms. The Morgan fingerprint density at radius 3 is 2.27 bits per heavy atom. The molecule has 1 amide bonds. The number of likely N-dealkylation sites (N-methyl/N-ethyl adjacent to an activating group) is 1. The van der Waals surface area contributed by atoms with Crippen LogP contribution in [0.4, 0.5) is 8.78 Å². The van der Waals surface area contributed by atoms with Crippen molar-refractivity contribution in [3.05, 3.63) is 83.7 Å². The minimum atomic E-state index is -3.76. The average molecular weight is 472 g/mol. The van der Waals surface area contributed by atoms with E-state index in [9.17, 15) is 22.0 Å². The number of benzene rings is 2. The quantitative estimate of drug-likeness (QED) is 0.451. The standard InChI is InChI=1S/C22H18F2N4O4S/c1-28-20(29)22(27-21(28)25,13-5-8-15(9-6-13)32-33(2,30)31)14-7-10-18(23)17(12-14)16-4-3-11-26-19(16)24/h3-12H,1-2H3,(H2,25,27). The zero-order valence-electron chi connectivity index (χ0n) is 17.5. The Morgan fingerprint density at radius 2 is 1.70 bits per heavy atom. The summed E-state index contributed by atoms with van der Waals surface area (Å²) in [4.78, 5) is 22.5. The molecular formula is C22H18F2N4O4S. The molecule has 3 aromatic rings. The first kappa shape index (κ1) is 22.3. The number of halogens is 2. The van der Waals surface area contributed by atoms with Gasteiger partial charge in [-0.3, -0.25) is 9.69 Å². The van der Waals surface area contributed by atoms with Crippen LogP contribution in [0, 0.1) is 11.8 Å². The van der Waals surface area contributed by atoms with E-state index in [0.29, 0.717) is 5.56 Å². The lowest BCUT2D eigenvalue weighted by Crippen LogP contribution is -2.41. The third-order valence-electron chi connectivity index (χ3n) is 5.19. The SMILES string of the molecule is CN1C(=O)C(c2ccc(OS(C)(=O)=O)cc2)(c2ccc(F)c(-c3cccnc3F)c2)N=C1N. The first-order valence-electron chi connectivity index (χ1n) is 9.57. The minimum absolute atomic E-state index is 0.0318. The Balaban J connectivity index is 1.91. The molecule has 1 aromatic heterocycles. The topological polar surface area (TPSA) is 115 Å². The van der Waals surface area contributed by atoms with Crippen molar-refractivity contribution in [2.24, 2.45) is 10.7 Å². The summed E-state index contributed by atoms with van der Waals surface area (Å²) in [6, 6.07) is 12.3. The third kappa shape index (κ3) is 3.91. The highest BCUT2D eigenvalue weighted by molar-refractivity contribution is 7.86. The maximum absolute atomic E-state index is 14.7. The summed E-state index contributed by atoms with van der Waals surface area (Å²) >= 11 is 0. The van der Waals surface area contributed by atoms with Gasteiger partial charge in [0, 0.05) is 24.4 Å². The first-order valence-corrected chi connectivity index (χ1v) is 11.4. The molecule has 2 aromatic carbocycles. The molecule has 0 bridgehead atoms. The number of hydrogen-bond donors (Lipinski definition) is 1. The molecule has 0 aliphatic carbocycles. The van der Waals surface area contributed by atoms with Crippen LogP contribution in [0.2, 0.25) is 0 Å². The van der Waals surface area contributed by atoms with Gasteiger partial charge in [0.15, 0.2) is 11.5 Å². The van der Waals surface area contributed by atoms with Crippen LogP contribution in [0.25, 0.3) is 11.1 Å². The fourth-order valence-electron chi connectivity index (χ4n) is 3.65. The third-order valence-corrected chi connectivity index (χ3v) is 5.69. The first-order chi connectivity index (χ1) is 15.5. The van der Waals surface area contributed by atoms with Gasteiger partial charge in [-0.05, 0) is 47.5 Å². The summed E-state index contributed by atoms with van der Waals surface area (Å²) in [5.74, 6) is -2.16. The van der Waals surface area contributed by atoms with Gasteiger partial charge in [-0.1, -0.05) is 18.2 Å². The van der Waals surface area contributed by atoms with E-state index >= 15 is 0 Å². The highest BCUT2D eigenvalue weighted by atomic mass is 32.2. The molecule has 1 atom stereocenters. The van der Waals surface area contributed by atoms with Gasteiger partial charge in [0.2, 0.25) is 5.95 Å². The number of amides is 1. The molecule has 0 fully saturated rings. The van der Waals surface area contributed by atoms with Crippen LogP contribution in [-0.2, 0) is 20.5 Å². The molecule has 11 heteroatoms. The number of guanidine groups is 1. The predicted octanol–water partition coefficient (Wildman–Crippen LogP) is 2.40. The number of aliphatic imine (C=N–C) groups is 1. The largest absolute Gasteiger partial charge is 0.383 e. The van der Waals surface area contributed by atoms with E-state index in [2.05, 4.69) is 9.98 Å². The smallest absolute Gasteiger partial charge is 0.306 e. The van der Waals surface area contributed by atoms with Crippen molar-refractivity contribution in [1.29, 1.82) is 0 Å². The minimum Gasteiger partial charge on any atom is -0.383 e. The van der Waals surface area contributed by atoms with Crippen LogP contribution >= 0.6 is 0 Å². The summed E-state index contributed by atoms with van der Waals surface area (Å²) in [6.45, 7) is 0. The van der Waals surface area contributed by atoms with Crippen molar-refractivity contribution < 1.29 is 26.2 Å². The van der Waals surface area contributed by atoms with E-state index < -0.39 is 33.3 Å². The van der Waals surface area contributed by atoms with E-state index in [0.717, 1.165) is 17.2 Å². The van der Waals surface area contributed by atoms with Crippen LogP contribution in [-0.4, -0.2) is 43.5 Å². The van der Waals surface area contributed by atoms with Gasteiger partial charge in [-0.15, -0.1) is 0 Å². The van der Waals surface area contributed by atoms with Gasteiger partial charge >= 0.3 is 10.1 Å². The van der Waals surface area contributed by atoms with Gasteiger partial charge in [0.1, 0.15) is 11.6 Å². The van der Waals surface area contributed by atoms with Gasteiger partial charge in [0.05, 0.1) is 6.26 Å². The summed E-state index contributed by atoms with van der Waals surface area (Å²) in [6.07, 6.45) is 2.14. The molecule has 2 heterocycles. The van der Waals surface area contributed by atoms with E-state index in [4.69, 9.17) is 9.92 Å². The second-order valence-electron chi connectivity index (χ2n) is 7.39. The van der Waals surface area contributed by atoms with E-state index in [1.165, 1.54) is 61.8 Å². The van der Waals surface area contributed by atoms with Crippen LogP contribution in [0.5, 0.6) is 5.75 Å². The van der Waals surface area contributed by atoms with Gasteiger partial charge in [-0.25, -0.2) is 14.4 Å². The Hall–Kier alpha value is -3.86. The Morgan fingerprint density at radius 1 is 1.03 bits per heavy atom. The van der Waals surface area contributed by atoms with E-state index in [-0.39, 0.29) is 28.4 Å². The van der Waals surface area contributed by atoms with Crippen molar-refractivity contribution in [2.45, 2.75) is 5.54 Å². The van der Waals surface area contributed by atoms with Gasteiger partial charge < -0.3 is 9.92 Å². The van der Waals surface area contributed by atoms with Crippen molar-refractivity contribution >= 4 is 22.0 Å². The zero-order chi connectivity index (χ0) is 24.0. The monoisotopic (exact) mass is 472 g/mol. The maximum atomic E-state index is 14.7. The molecule has 170 valence electrons. The number of rotatable bonds is 5. The normalized spacial score (nSPS) is 18.4. The number of nitrogens with zero attached hydrogens (tertiary/aromatic N) is 3. The molecule has 1 aliphatic heterocycles. The van der Waals surface area contributed by atoms with E-state index in [1.807, 2.05) is 0 Å². The number of nitrogens with two attached hydrogens (primary N) is 1. The molecule has 2 N–H and O–H groups in total. The van der Waals surface area contributed by atoms with Crippen LogP contribution in [0.15, 0.2) is 65.8 Å². The molecule has 0 radical (unpaired) electrons. The molecule has 1 unspecified atom stereocenters. The fraction of sp³-hybridized carbons (Fsp3) is 0.136. The highest BCUT2D eigenvalue weighted by Crippen LogP contribution is 2.41. The maximum Gasteiger partial charge on any atom is 0.306 e. The van der Waals surface area contributed by atoms with Crippen molar-refractivity contribution in [1.82, 2.24) is 9.88 Å². The number of carbonyl (C=O) groups is 1. The van der Waals surface area contributed by atoms with Crippen LogP contribution < -0.4 is 9.92 Å². The van der Waals surface area contributed by atoms with Crippen molar-refractivity contribution in [3.63, 3.8) is 0 Å². The number of pyridine rings is 1. The van der Waals surface area contributed by atoms with E-state index in [1.54, 1.807) is 0 Å². The summed E-state index contributed by atoms with van der Waals surface area (Å²) in [5, 5.41) is 0. The number of carbonyl (C=O) groups excluding carboxylic acids is 1. The second-order valence-corrected chi connectivity index (χ2v) is 8.97. The summed E-state index contributed by atoms with van der Waals surface area (Å²) in [7, 11) is -2.32. The zero-order valence-corrected chi connectivity index (χ0v) is 18.3.